The number of aryl methyl sites for hydroxylation is 1. The number of hydrogen-bond acceptors (Lipinski definition) is 4. The van der Waals surface area contributed by atoms with E-state index in [-0.39, 0.29) is 11.5 Å². The molecular formula is C26H32N2O2S. The number of pyridine rings is 1. The summed E-state index contributed by atoms with van der Waals surface area (Å²) in [5.41, 5.74) is 2.39. The topological polar surface area (TPSA) is 42.3 Å². The summed E-state index contributed by atoms with van der Waals surface area (Å²) in [5.74, 6) is 0.989. The lowest BCUT2D eigenvalue weighted by Crippen LogP contribution is -2.32. The summed E-state index contributed by atoms with van der Waals surface area (Å²) in [6.45, 7) is 9.53. The zero-order valence-electron chi connectivity index (χ0n) is 18.8. The van der Waals surface area contributed by atoms with Gasteiger partial charge in [0.1, 0.15) is 5.78 Å². The SMILES string of the molecule is CCn1cc(-c2ccccc2)c2sc(CN3CCCC(C(C)=O)C(C)CC3)cc2c1=O. The van der Waals surface area contributed by atoms with Gasteiger partial charge >= 0.3 is 0 Å². The van der Waals surface area contributed by atoms with Crippen molar-refractivity contribution in [1.82, 2.24) is 9.47 Å². The van der Waals surface area contributed by atoms with Crippen molar-refractivity contribution >= 4 is 27.2 Å². The number of aromatic nitrogens is 1. The van der Waals surface area contributed by atoms with E-state index in [1.54, 1.807) is 18.3 Å². The molecule has 0 spiro atoms. The van der Waals surface area contributed by atoms with Crippen molar-refractivity contribution in [2.75, 3.05) is 13.1 Å². The standard InChI is InChI=1S/C26H32N2O2S/c1-4-28-17-24(20-9-6-5-7-10-20)25-23(26(28)30)15-21(31-25)16-27-13-8-11-22(19(3)29)18(2)12-14-27/h5-7,9-10,15,17-18,22H,4,8,11-14,16H2,1-3H3. The molecule has 2 atom stereocenters. The van der Waals surface area contributed by atoms with E-state index in [0.717, 1.165) is 60.1 Å². The van der Waals surface area contributed by atoms with Crippen molar-refractivity contribution in [3.8, 4) is 11.1 Å². The fourth-order valence-corrected chi connectivity index (χ4v) is 6.09. The minimum Gasteiger partial charge on any atom is -0.315 e. The number of Topliss-reactive ketones (excluding diaryl/α,β-unsaturated/α-hetero) is 1. The first kappa shape index (κ1) is 22.0. The van der Waals surface area contributed by atoms with Gasteiger partial charge in [0.25, 0.3) is 5.56 Å². The van der Waals surface area contributed by atoms with Crippen LogP contribution in [0.2, 0.25) is 0 Å². The van der Waals surface area contributed by atoms with Crippen molar-refractivity contribution in [2.24, 2.45) is 11.8 Å². The maximum atomic E-state index is 13.0. The number of carbonyl (C=O) groups is 1. The van der Waals surface area contributed by atoms with Crippen LogP contribution in [0.5, 0.6) is 0 Å². The Hall–Kier alpha value is -2.24. The summed E-state index contributed by atoms with van der Waals surface area (Å²) in [6.07, 6.45) is 5.10. The molecule has 4 nitrogen and oxygen atoms in total. The molecule has 1 saturated heterocycles. The summed E-state index contributed by atoms with van der Waals surface area (Å²) in [4.78, 5) is 28.7. The Balaban J connectivity index is 1.63. The molecule has 2 aromatic heterocycles. The van der Waals surface area contributed by atoms with E-state index in [1.165, 1.54) is 4.88 Å². The van der Waals surface area contributed by atoms with Gasteiger partial charge in [-0.25, -0.2) is 0 Å². The van der Waals surface area contributed by atoms with Crippen LogP contribution in [0, 0.1) is 11.8 Å². The van der Waals surface area contributed by atoms with Gasteiger partial charge in [0.05, 0.1) is 5.39 Å². The van der Waals surface area contributed by atoms with E-state index in [9.17, 15) is 9.59 Å². The van der Waals surface area contributed by atoms with Crippen LogP contribution in [0.25, 0.3) is 21.2 Å². The molecule has 0 bridgehead atoms. The van der Waals surface area contributed by atoms with Crippen LogP contribution in [0.1, 0.15) is 44.9 Å². The van der Waals surface area contributed by atoms with Crippen LogP contribution < -0.4 is 5.56 Å². The van der Waals surface area contributed by atoms with Crippen molar-refractivity contribution in [3.63, 3.8) is 0 Å². The van der Waals surface area contributed by atoms with Gasteiger partial charge in [-0.05, 0) is 63.7 Å². The van der Waals surface area contributed by atoms with Crippen molar-refractivity contribution in [2.45, 2.75) is 53.1 Å². The number of benzene rings is 1. The summed E-state index contributed by atoms with van der Waals surface area (Å²) in [6, 6.07) is 12.5. The van der Waals surface area contributed by atoms with Gasteiger partial charge in [0.15, 0.2) is 0 Å². The van der Waals surface area contributed by atoms with Gasteiger partial charge < -0.3 is 4.57 Å². The molecule has 0 radical (unpaired) electrons. The van der Waals surface area contributed by atoms with Crippen LogP contribution in [0.3, 0.4) is 0 Å². The normalized spacial score (nSPS) is 20.5. The van der Waals surface area contributed by atoms with E-state index < -0.39 is 0 Å². The Kier molecular flexibility index (Phi) is 6.73. The largest absolute Gasteiger partial charge is 0.315 e. The Morgan fingerprint density at radius 1 is 1.16 bits per heavy atom. The highest BCUT2D eigenvalue weighted by Crippen LogP contribution is 2.34. The first-order valence-corrected chi connectivity index (χ1v) is 12.2. The molecular weight excluding hydrogens is 404 g/mol. The number of rotatable bonds is 5. The second kappa shape index (κ2) is 9.49. The summed E-state index contributed by atoms with van der Waals surface area (Å²) in [5, 5.41) is 0.834. The molecule has 1 aliphatic rings. The second-order valence-electron chi connectivity index (χ2n) is 8.86. The number of likely N-dealkylation sites (tertiary alicyclic amines) is 1. The van der Waals surface area contributed by atoms with E-state index >= 15 is 0 Å². The smallest absolute Gasteiger partial charge is 0.259 e. The number of thiophene rings is 1. The molecule has 1 fully saturated rings. The first-order valence-electron chi connectivity index (χ1n) is 11.4. The van der Waals surface area contributed by atoms with Crippen LogP contribution >= 0.6 is 11.3 Å². The highest BCUT2D eigenvalue weighted by molar-refractivity contribution is 7.19. The first-order chi connectivity index (χ1) is 15.0. The average Bonchev–Trinajstić information content (AvgIpc) is 3.18. The third-order valence-electron chi connectivity index (χ3n) is 6.71. The highest BCUT2D eigenvalue weighted by Gasteiger charge is 2.25. The van der Waals surface area contributed by atoms with Crippen LogP contribution in [0.4, 0.5) is 0 Å². The van der Waals surface area contributed by atoms with Crippen LogP contribution in [-0.2, 0) is 17.9 Å². The second-order valence-corrected chi connectivity index (χ2v) is 9.99. The summed E-state index contributed by atoms with van der Waals surface area (Å²) < 4.78 is 2.91. The molecule has 164 valence electrons. The predicted molar refractivity (Wildman–Crippen MR) is 130 cm³/mol. The van der Waals surface area contributed by atoms with Gasteiger partial charge in [-0.1, -0.05) is 37.3 Å². The molecule has 1 aromatic carbocycles. The molecule has 31 heavy (non-hydrogen) atoms. The molecule has 0 saturated carbocycles. The Labute approximate surface area is 188 Å². The molecule has 5 heteroatoms. The van der Waals surface area contributed by atoms with E-state index in [1.807, 2.05) is 35.9 Å². The molecule has 2 unspecified atom stereocenters. The molecule has 1 aliphatic heterocycles. The van der Waals surface area contributed by atoms with E-state index in [4.69, 9.17) is 0 Å². The zero-order chi connectivity index (χ0) is 22.0. The number of ketones is 1. The van der Waals surface area contributed by atoms with Crippen molar-refractivity contribution in [1.29, 1.82) is 0 Å². The van der Waals surface area contributed by atoms with Gasteiger partial charge in [0.2, 0.25) is 0 Å². The molecule has 3 aromatic rings. The van der Waals surface area contributed by atoms with Gasteiger partial charge in [-0.15, -0.1) is 11.3 Å². The minimum atomic E-state index is 0.102. The van der Waals surface area contributed by atoms with Crippen LogP contribution in [-0.4, -0.2) is 28.3 Å². The third-order valence-corrected chi connectivity index (χ3v) is 7.86. The molecule has 3 heterocycles. The van der Waals surface area contributed by atoms with Gasteiger partial charge in [0, 0.05) is 40.3 Å². The number of carbonyl (C=O) groups excluding carboxylic acids is 1. The Morgan fingerprint density at radius 3 is 2.65 bits per heavy atom. The fourth-order valence-electron chi connectivity index (χ4n) is 4.87. The lowest BCUT2D eigenvalue weighted by atomic mass is 9.83. The predicted octanol–water partition coefficient (Wildman–Crippen LogP) is 5.58. The molecule has 4 rings (SSSR count). The lowest BCUT2D eigenvalue weighted by molar-refractivity contribution is -0.122. The maximum absolute atomic E-state index is 13.0. The number of hydrogen-bond donors (Lipinski definition) is 0. The van der Waals surface area contributed by atoms with Crippen molar-refractivity contribution < 1.29 is 4.79 Å². The van der Waals surface area contributed by atoms with E-state index in [0.29, 0.717) is 18.2 Å². The fraction of sp³-hybridized carbons (Fsp3) is 0.462. The van der Waals surface area contributed by atoms with Crippen LogP contribution in [0.15, 0.2) is 47.4 Å². The average molecular weight is 437 g/mol. The van der Waals surface area contributed by atoms with Gasteiger partial charge in [-0.3, -0.25) is 14.5 Å². The minimum absolute atomic E-state index is 0.102. The monoisotopic (exact) mass is 436 g/mol. The lowest BCUT2D eigenvalue weighted by Gasteiger charge is -2.30. The third kappa shape index (κ3) is 4.68. The Bertz CT molecular complexity index is 1120. The molecule has 0 N–H and O–H groups in total. The maximum Gasteiger partial charge on any atom is 0.259 e. The highest BCUT2D eigenvalue weighted by atomic mass is 32.1. The molecule has 0 aliphatic carbocycles. The zero-order valence-corrected chi connectivity index (χ0v) is 19.6. The Morgan fingerprint density at radius 2 is 1.94 bits per heavy atom. The summed E-state index contributed by atoms with van der Waals surface area (Å²) >= 11 is 1.75. The number of fused-ring (bicyclic) bond motifs is 1. The summed E-state index contributed by atoms with van der Waals surface area (Å²) in [7, 11) is 0. The molecule has 0 amide bonds. The number of nitrogens with zero attached hydrogens (tertiary/aromatic N) is 2. The van der Waals surface area contributed by atoms with Gasteiger partial charge in [-0.2, -0.15) is 0 Å². The van der Waals surface area contributed by atoms with E-state index in [2.05, 4.69) is 30.0 Å². The van der Waals surface area contributed by atoms with Crippen molar-refractivity contribution in [3.05, 3.63) is 57.8 Å². The quantitative estimate of drug-likeness (QED) is 0.524.